The van der Waals surface area contributed by atoms with E-state index in [0.717, 1.165) is 16.7 Å². The molecule has 1 atom stereocenters. The van der Waals surface area contributed by atoms with Gasteiger partial charge in [0.1, 0.15) is 0 Å². The Morgan fingerprint density at radius 1 is 1.47 bits per heavy atom. The van der Waals surface area contributed by atoms with E-state index in [-0.39, 0.29) is 0 Å². The Kier molecular flexibility index (Phi) is 4.61. The fraction of sp³-hybridized carbons (Fsp3) is 0.500. The summed E-state index contributed by atoms with van der Waals surface area (Å²) in [6.45, 7) is 5.40. The summed E-state index contributed by atoms with van der Waals surface area (Å²) in [4.78, 5) is 2.34. The first-order valence-electron chi connectivity index (χ1n) is 5.28. The summed E-state index contributed by atoms with van der Waals surface area (Å²) >= 11 is 3.54. The number of anilines is 1. The molecule has 84 valence electrons. The lowest BCUT2D eigenvalue weighted by Crippen LogP contribution is -2.27. The number of nitrogens with zero attached hydrogens (tertiary/aromatic N) is 1. The van der Waals surface area contributed by atoms with Crippen LogP contribution in [0.4, 0.5) is 5.69 Å². The van der Waals surface area contributed by atoms with Crippen LogP contribution in [0.2, 0.25) is 0 Å². The number of hydrogen-bond donors (Lipinski definition) is 1. The minimum absolute atomic E-state index is 0.606. The Hall–Kier alpha value is -0.540. The van der Waals surface area contributed by atoms with Crippen molar-refractivity contribution in [2.45, 2.75) is 32.9 Å². The van der Waals surface area contributed by atoms with Gasteiger partial charge in [0.15, 0.2) is 0 Å². The molecule has 3 heteroatoms. The lowest BCUT2D eigenvalue weighted by Gasteiger charge is -2.24. The van der Waals surface area contributed by atoms with E-state index < -0.39 is 0 Å². The van der Waals surface area contributed by atoms with E-state index in [1.807, 2.05) is 12.1 Å². The third-order valence-corrected chi connectivity index (χ3v) is 3.58. The van der Waals surface area contributed by atoms with Crippen LogP contribution in [0, 0.1) is 0 Å². The summed E-state index contributed by atoms with van der Waals surface area (Å²) in [5, 5.41) is 0. The van der Waals surface area contributed by atoms with Crippen molar-refractivity contribution >= 4 is 21.6 Å². The van der Waals surface area contributed by atoms with Gasteiger partial charge in [0.2, 0.25) is 0 Å². The molecule has 15 heavy (non-hydrogen) atoms. The molecule has 0 radical (unpaired) electrons. The van der Waals surface area contributed by atoms with Crippen LogP contribution in [0.3, 0.4) is 0 Å². The van der Waals surface area contributed by atoms with E-state index in [4.69, 9.17) is 5.73 Å². The molecule has 0 saturated heterocycles. The Morgan fingerprint density at radius 3 is 2.67 bits per heavy atom. The molecular weight excluding hydrogens is 252 g/mol. The number of halogens is 1. The van der Waals surface area contributed by atoms with Gasteiger partial charge in [-0.15, -0.1) is 0 Å². The molecule has 0 aliphatic carbocycles. The number of hydrogen-bond acceptors (Lipinski definition) is 2. The molecule has 0 bridgehead atoms. The minimum atomic E-state index is 0.606. The highest BCUT2D eigenvalue weighted by molar-refractivity contribution is 9.10. The largest absolute Gasteiger partial charge is 0.399 e. The summed E-state index contributed by atoms with van der Waals surface area (Å²) in [6, 6.07) is 6.59. The molecule has 1 unspecified atom stereocenters. The molecule has 0 spiro atoms. The smallest absolute Gasteiger partial charge is 0.0325 e. The summed E-state index contributed by atoms with van der Waals surface area (Å²) < 4.78 is 1.10. The first kappa shape index (κ1) is 12.5. The summed E-state index contributed by atoms with van der Waals surface area (Å²) in [7, 11) is 2.15. The maximum Gasteiger partial charge on any atom is 0.0325 e. The molecule has 0 heterocycles. The van der Waals surface area contributed by atoms with Crippen LogP contribution in [0.5, 0.6) is 0 Å². The third kappa shape index (κ3) is 3.50. The monoisotopic (exact) mass is 270 g/mol. The van der Waals surface area contributed by atoms with Crippen molar-refractivity contribution in [3.63, 3.8) is 0 Å². The molecule has 1 rings (SSSR count). The van der Waals surface area contributed by atoms with E-state index in [1.165, 1.54) is 12.0 Å². The van der Waals surface area contributed by atoms with Crippen molar-refractivity contribution in [3.05, 3.63) is 28.2 Å². The Morgan fingerprint density at radius 2 is 2.13 bits per heavy atom. The minimum Gasteiger partial charge on any atom is -0.399 e. The van der Waals surface area contributed by atoms with Gasteiger partial charge in [-0.05, 0) is 38.1 Å². The average Bonchev–Trinajstić information content (AvgIpc) is 2.20. The van der Waals surface area contributed by atoms with Gasteiger partial charge in [0, 0.05) is 22.7 Å². The van der Waals surface area contributed by atoms with Gasteiger partial charge in [-0.2, -0.15) is 0 Å². The molecule has 0 fully saturated rings. The van der Waals surface area contributed by atoms with Gasteiger partial charge < -0.3 is 5.73 Å². The fourth-order valence-corrected chi connectivity index (χ4v) is 1.95. The van der Waals surface area contributed by atoms with Crippen LogP contribution >= 0.6 is 15.9 Å². The SMILES string of the molecule is CCC(C)N(C)Cc1ccc(N)cc1Br. The van der Waals surface area contributed by atoms with Crippen molar-refractivity contribution in [2.24, 2.45) is 0 Å². The van der Waals surface area contributed by atoms with Crippen molar-refractivity contribution < 1.29 is 0 Å². The van der Waals surface area contributed by atoms with E-state index in [0.29, 0.717) is 6.04 Å². The maximum absolute atomic E-state index is 5.70. The fourth-order valence-electron chi connectivity index (χ4n) is 1.43. The number of benzene rings is 1. The second kappa shape index (κ2) is 5.52. The second-order valence-electron chi connectivity index (χ2n) is 4.02. The van der Waals surface area contributed by atoms with Crippen LogP contribution in [-0.4, -0.2) is 18.0 Å². The molecule has 2 nitrogen and oxygen atoms in total. The zero-order valence-electron chi connectivity index (χ0n) is 9.63. The average molecular weight is 271 g/mol. The van der Waals surface area contributed by atoms with Crippen LogP contribution in [0.1, 0.15) is 25.8 Å². The van der Waals surface area contributed by atoms with Gasteiger partial charge in [-0.1, -0.05) is 28.9 Å². The lowest BCUT2D eigenvalue weighted by atomic mass is 10.1. The summed E-state index contributed by atoms with van der Waals surface area (Å²) in [6.07, 6.45) is 1.17. The molecule has 0 aliphatic rings. The normalized spacial score (nSPS) is 13.1. The van der Waals surface area contributed by atoms with Crippen molar-refractivity contribution in [3.8, 4) is 0 Å². The summed E-state index contributed by atoms with van der Waals surface area (Å²) in [5.41, 5.74) is 7.79. The van der Waals surface area contributed by atoms with Gasteiger partial charge in [0.05, 0.1) is 0 Å². The molecule has 0 aliphatic heterocycles. The predicted octanol–water partition coefficient (Wildman–Crippen LogP) is 3.26. The van der Waals surface area contributed by atoms with Gasteiger partial charge in [0.25, 0.3) is 0 Å². The highest BCUT2D eigenvalue weighted by Gasteiger charge is 2.09. The van der Waals surface area contributed by atoms with Gasteiger partial charge in [-0.3, -0.25) is 4.90 Å². The Balaban J connectivity index is 2.72. The molecule has 1 aromatic carbocycles. The number of nitrogens with two attached hydrogens (primary N) is 1. The third-order valence-electron chi connectivity index (χ3n) is 2.84. The van der Waals surface area contributed by atoms with Crippen molar-refractivity contribution in [1.82, 2.24) is 4.90 Å². The zero-order valence-corrected chi connectivity index (χ0v) is 11.2. The number of rotatable bonds is 4. The molecule has 2 N–H and O–H groups in total. The van der Waals surface area contributed by atoms with Crippen molar-refractivity contribution in [1.29, 1.82) is 0 Å². The highest BCUT2D eigenvalue weighted by Crippen LogP contribution is 2.21. The maximum atomic E-state index is 5.70. The molecule has 0 saturated carbocycles. The Labute approximate surface area is 101 Å². The van der Waals surface area contributed by atoms with E-state index in [1.54, 1.807) is 0 Å². The molecule has 0 amide bonds. The Bertz CT molecular complexity index is 325. The lowest BCUT2D eigenvalue weighted by molar-refractivity contribution is 0.243. The first-order chi connectivity index (χ1) is 7.04. The highest BCUT2D eigenvalue weighted by atomic mass is 79.9. The molecule has 0 aromatic heterocycles. The van der Waals surface area contributed by atoms with E-state index >= 15 is 0 Å². The van der Waals surface area contributed by atoms with Crippen molar-refractivity contribution in [2.75, 3.05) is 12.8 Å². The van der Waals surface area contributed by atoms with Gasteiger partial charge >= 0.3 is 0 Å². The topological polar surface area (TPSA) is 29.3 Å². The molecule has 1 aromatic rings. The van der Waals surface area contributed by atoms with E-state index in [9.17, 15) is 0 Å². The molecular formula is C12H19BrN2. The van der Waals surface area contributed by atoms with E-state index in [2.05, 4.69) is 47.8 Å². The zero-order chi connectivity index (χ0) is 11.4. The number of nitrogen functional groups attached to an aromatic ring is 1. The standard InChI is InChI=1S/C12H19BrN2/c1-4-9(2)15(3)8-10-5-6-11(14)7-12(10)13/h5-7,9H,4,8,14H2,1-3H3. The van der Waals surface area contributed by atoms with Crippen LogP contribution in [-0.2, 0) is 6.54 Å². The van der Waals surface area contributed by atoms with Crippen LogP contribution in [0.25, 0.3) is 0 Å². The first-order valence-corrected chi connectivity index (χ1v) is 6.08. The summed E-state index contributed by atoms with van der Waals surface area (Å²) in [5.74, 6) is 0. The van der Waals surface area contributed by atoms with Gasteiger partial charge in [-0.25, -0.2) is 0 Å². The van der Waals surface area contributed by atoms with Crippen LogP contribution in [0.15, 0.2) is 22.7 Å². The van der Waals surface area contributed by atoms with Crippen LogP contribution < -0.4 is 5.73 Å². The quantitative estimate of drug-likeness (QED) is 0.852. The predicted molar refractivity (Wildman–Crippen MR) is 69.8 cm³/mol. The second-order valence-corrected chi connectivity index (χ2v) is 4.88.